The van der Waals surface area contributed by atoms with Crippen molar-refractivity contribution in [2.24, 2.45) is 0 Å². The highest BCUT2D eigenvalue weighted by molar-refractivity contribution is 5.43. The van der Waals surface area contributed by atoms with Gasteiger partial charge in [0.25, 0.3) is 0 Å². The van der Waals surface area contributed by atoms with Gasteiger partial charge in [-0.2, -0.15) is 18.3 Å². The third kappa shape index (κ3) is 4.01. The maximum absolute atomic E-state index is 13.3. The molecule has 2 aromatic rings. The van der Waals surface area contributed by atoms with Gasteiger partial charge in [0.2, 0.25) is 0 Å². The maximum Gasteiger partial charge on any atom is 0.435 e. The van der Waals surface area contributed by atoms with E-state index < -0.39 is 11.9 Å². The zero-order chi connectivity index (χ0) is 19.8. The Morgan fingerprint density at radius 1 is 1.26 bits per heavy atom. The van der Waals surface area contributed by atoms with Crippen LogP contribution >= 0.6 is 0 Å². The first-order chi connectivity index (χ1) is 12.7. The van der Waals surface area contributed by atoms with Crippen LogP contribution in [-0.4, -0.2) is 32.8 Å². The minimum atomic E-state index is -4.51. The minimum absolute atomic E-state index is 0.266. The second-order valence-corrected chi connectivity index (χ2v) is 7.14. The highest BCUT2D eigenvalue weighted by atomic mass is 19.4. The third-order valence-electron chi connectivity index (χ3n) is 5.14. The van der Waals surface area contributed by atoms with Gasteiger partial charge in [-0.25, -0.2) is 9.97 Å². The summed E-state index contributed by atoms with van der Waals surface area (Å²) in [4.78, 5) is 11.3. The lowest BCUT2D eigenvalue weighted by molar-refractivity contribution is -0.144. The minimum Gasteiger partial charge on any atom is -0.396 e. The molecule has 27 heavy (non-hydrogen) atoms. The number of aromatic nitrogens is 4. The number of nitrogen functional groups attached to an aromatic ring is 1. The van der Waals surface area contributed by atoms with Gasteiger partial charge < -0.3 is 10.6 Å². The first-order valence-corrected chi connectivity index (χ1v) is 9.21. The molecule has 1 aliphatic rings. The zero-order valence-electron chi connectivity index (χ0n) is 15.8. The van der Waals surface area contributed by atoms with Crippen LogP contribution in [0.1, 0.15) is 62.3 Å². The van der Waals surface area contributed by atoms with Gasteiger partial charge >= 0.3 is 6.18 Å². The Kier molecular flexibility index (Phi) is 5.30. The van der Waals surface area contributed by atoms with Crippen molar-refractivity contribution >= 4 is 11.5 Å². The number of rotatable bonds is 4. The Labute approximate surface area is 156 Å². The Balaban J connectivity index is 1.76. The summed E-state index contributed by atoms with van der Waals surface area (Å²) in [5.74, 6) is 1.92. The fraction of sp³-hybridized carbons (Fsp3) is 0.611. The molecule has 1 saturated heterocycles. The van der Waals surface area contributed by atoms with E-state index in [1.165, 1.54) is 0 Å². The normalized spacial score (nSPS) is 17.3. The number of halogens is 3. The zero-order valence-corrected chi connectivity index (χ0v) is 15.8. The highest BCUT2D eigenvalue weighted by Crippen LogP contribution is 2.37. The van der Waals surface area contributed by atoms with Crippen LogP contribution in [0.4, 0.5) is 24.7 Å². The van der Waals surface area contributed by atoms with Crippen LogP contribution in [-0.2, 0) is 6.18 Å². The highest BCUT2D eigenvalue weighted by Gasteiger charge is 2.39. The molecule has 0 unspecified atom stereocenters. The monoisotopic (exact) mass is 382 g/mol. The number of anilines is 2. The van der Waals surface area contributed by atoms with E-state index in [1.807, 2.05) is 13.0 Å². The van der Waals surface area contributed by atoms with Crippen molar-refractivity contribution in [2.75, 3.05) is 23.7 Å². The second kappa shape index (κ2) is 7.36. The van der Waals surface area contributed by atoms with Crippen LogP contribution < -0.4 is 10.6 Å². The van der Waals surface area contributed by atoms with Crippen molar-refractivity contribution in [1.82, 2.24) is 19.7 Å². The molecular weight excluding hydrogens is 357 g/mol. The Bertz CT molecular complexity index is 793. The van der Waals surface area contributed by atoms with E-state index in [9.17, 15) is 13.2 Å². The molecule has 9 heteroatoms. The number of aryl methyl sites for hydroxylation is 1. The number of nitrogens with two attached hydrogens (primary N) is 1. The molecule has 148 valence electrons. The third-order valence-corrected chi connectivity index (χ3v) is 5.14. The van der Waals surface area contributed by atoms with E-state index in [1.54, 1.807) is 0 Å². The van der Waals surface area contributed by atoms with Crippen LogP contribution in [0.25, 0.3) is 0 Å². The van der Waals surface area contributed by atoms with Crippen molar-refractivity contribution in [2.45, 2.75) is 58.2 Å². The summed E-state index contributed by atoms with van der Waals surface area (Å²) in [6.45, 7) is 7.34. The summed E-state index contributed by atoms with van der Waals surface area (Å²) in [7, 11) is 0. The summed E-state index contributed by atoms with van der Waals surface area (Å²) in [6, 6.07) is 1.60. The molecule has 2 aromatic heterocycles. The molecule has 0 radical (unpaired) electrons. The summed E-state index contributed by atoms with van der Waals surface area (Å²) in [6.07, 6.45) is -1.38. The average Bonchev–Trinajstić information content (AvgIpc) is 3.02. The van der Waals surface area contributed by atoms with E-state index in [0.29, 0.717) is 25.9 Å². The van der Waals surface area contributed by atoms with Crippen molar-refractivity contribution in [3.8, 4) is 0 Å². The van der Waals surface area contributed by atoms with E-state index >= 15 is 0 Å². The summed E-state index contributed by atoms with van der Waals surface area (Å²) in [5, 5.41) is 3.89. The Hall–Kier alpha value is -2.32. The maximum atomic E-state index is 13.3. The molecule has 0 aliphatic carbocycles. The van der Waals surface area contributed by atoms with Gasteiger partial charge in [-0.15, -0.1) is 0 Å². The van der Waals surface area contributed by atoms with Crippen LogP contribution in [0.5, 0.6) is 0 Å². The Morgan fingerprint density at radius 3 is 2.52 bits per heavy atom. The largest absolute Gasteiger partial charge is 0.435 e. The lowest BCUT2D eigenvalue weighted by Crippen LogP contribution is -2.36. The first kappa shape index (κ1) is 19.4. The first-order valence-electron chi connectivity index (χ1n) is 9.21. The van der Waals surface area contributed by atoms with Crippen LogP contribution in [0, 0.1) is 6.92 Å². The molecular formula is C18H25F3N6. The van der Waals surface area contributed by atoms with Gasteiger partial charge in [0.05, 0.1) is 17.9 Å². The number of hydrogen-bond donors (Lipinski definition) is 1. The number of alkyl halides is 3. The molecule has 0 bridgehead atoms. The molecule has 1 aliphatic heterocycles. The molecule has 3 heterocycles. The van der Waals surface area contributed by atoms with Crippen molar-refractivity contribution in [1.29, 1.82) is 0 Å². The average molecular weight is 382 g/mol. The fourth-order valence-electron chi connectivity index (χ4n) is 3.42. The SMILES string of the molecule is CC[C@@H](C)c1nc(C)cc(N2CCC(n3ncc(N)c3C(F)(F)F)CC2)n1. The van der Waals surface area contributed by atoms with Gasteiger partial charge in [-0.3, -0.25) is 4.68 Å². The van der Waals surface area contributed by atoms with Gasteiger partial charge in [-0.1, -0.05) is 13.8 Å². The summed E-state index contributed by atoms with van der Waals surface area (Å²) < 4.78 is 40.9. The van der Waals surface area contributed by atoms with Gasteiger partial charge in [-0.05, 0) is 26.2 Å². The van der Waals surface area contributed by atoms with E-state index in [4.69, 9.17) is 5.73 Å². The fourth-order valence-corrected chi connectivity index (χ4v) is 3.42. The smallest absolute Gasteiger partial charge is 0.396 e. The number of nitrogens with zero attached hydrogens (tertiary/aromatic N) is 5. The lowest BCUT2D eigenvalue weighted by atomic mass is 10.0. The topological polar surface area (TPSA) is 72.9 Å². The molecule has 3 rings (SSSR count). The second-order valence-electron chi connectivity index (χ2n) is 7.14. The van der Waals surface area contributed by atoms with E-state index in [2.05, 4.69) is 33.8 Å². The van der Waals surface area contributed by atoms with Gasteiger partial charge in [0, 0.05) is 30.8 Å². The lowest BCUT2D eigenvalue weighted by Gasteiger charge is -2.34. The van der Waals surface area contributed by atoms with Crippen LogP contribution in [0.3, 0.4) is 0 Å². The van der Waals surface area contributed by atoms with E-state index in [-0.39, 0.29) is 17.6 Å². The number of hydrogen-bond acceptors (Lipinski definition) is 5. The predicted molar refractivity (Wildman–Crippen MR) is 97.6 cm³/mol. The molecule has 6 nitrogen and oxygen atoms in total. The number of piperidine rings is 1. The molecule has 1 fully saturated rings. The van der Waals surface area contributed by atoms with E-state index in [0.717, 1.165) is 34.6 Å². The molecule has 2 N–H and O–H groups in total. The summed E-state index contributed by atoms with van der Waals surface area (Å²) >= 11 is 0. The predicted octanol–water partition coefficient (Wildman–Crippen LogP) is 3.94. The molecule has 0 amide bonds. The van der Waals surface area contributed by atoms with Gasteiger partial charge in [0.15, 0.2) is 5.69 Å². The van der Waals surface area contributed by atoms with Crippen LogP contribution in [0.2, 0.25) is 0 Å². The summed E-state index contributed by atoms with van der Waals surface area (Å²) in [5.41, 5.74) is 5.22. The van der Waals surface area contributed by atoms with Crippen molar-refractivity contribution < 1.29 is 13.2 Å². The van der Waals surface area contributed by atoms with Gasteiger partial charge in [0.1, 0.15) is 11.6 Å². The molecule has 0 aromatic carbocycles. The quantitative estimate of drug-likeness (QED) is 0.867. The molecule has 0 saturated carbocycles. The molecule has 0 spiro atoms. The van der Waals surface area contributed by atoms with Crippen molar-refractivity contribution in [3.05, 3.63) is 29.5 Å². The molecule has 1 atom stereocenters. The van der Waals surface area contributed by atoms with Crippen LogP contribution in [0.15, 0.2) is 12.3 Å². The van der Waals surface area contributed by atoms with Crippen molar-refractivity contribution in [3.63, 3.8) is 0 Å². The standard InChI is InChI=1S/C18H25F3N6/c1-4-11(2)17-24-12(3)9-15(25-17)26-7-5-13(6-8-26)27-16(18(19,20)21)14(22)10-23-27/h9-11,13H,4-8,22H2,1-3H3/t11-/m1/s1. The Morgan fingerprint density at radius 2 is 1.93 bits per heavy atom.